The predicted molar refractivity (Wildman–Crippen MR) is 38.0 cm³/mol. The third-order valence-corrected chi connectivity index (χ3v) is 2.12. The van der Waals surface area contributed by atoms with Gasteiger partial charge in [-0.2, -0.15) is 0 Å². The zero-order valence-electron chi connectivity index (χ0n) is 4.67. The van der Waals surface area contributed by atoms with E-state index >= 15 is 0 Å². The summed E-state index contributed by atoms with van der Waals surface area (Å²) in [4.78, 5) is 10.1. The van der Waals surface area contributed by atoms with Crippen molar-refractivity contribution in [3.63, 3.8) is 0 Å². The average Bonchev–Trinajstić information content (AvgIpc) is 2.10. The molecule has 54 valence electrons. The van der Waals surface area contributed by atoms with Gasteiger partial charge in [0.25, 0.3) is 0 Å². The number of carbonyl (C=O) groups is 1. The number of hydrogen-bond donors (Lipinski definition) is 2. The zero-order chi connectivity index (χ0) is 7.72. The van der Waals surface area contributed by atoms with E-state index in [4.69, 9.17) is 21.8 Å². The van der Waals surface area contributed by atoms with Crippen LogP contribution in [-0.2, 0) is 0 Å². The number of aromatic hydroxyl groups is 1. The predicted octanol–water partition coefficient (Wildman–Crippen LogP) is 1.81. The first kappa shape index (κ1) is 7.37. The molecule has 10 heavy (non-hydrogen) atoms. The Balaban J connectivity index is 3.15. The van der Waals surface area contributed by atoms with Crippen LogP contribution in [0.3, 0.4) is 0 Å². The number of rotatable bonds is 1. The van der Waals surface area contributed by atoms with Crippen molar-refractivity contribution < 1.29 is 15.0 Å². The van der Waals surface area contributed by atoms with Crippen LogP contribution in [0.15, 0.2) is 6.07 Å². The number of carboxylic acids is 1. The Morgan fingerprint density at radius 3 is 2.50 bits per heavy atom. The lowest BCUT2D eigenvalue weighted by atomic mass is 10.4. The number of carboxylic acid groups (broad SMARTS) is 1. The van der Waals surface area contributed by atoms with Crippen LogP contribution in [0, 0.1) is 0 Å². The first-order valence-electron chi connectivity index (χ1n) is 2.33. The van der Waals surface area contributed by atoms with E-state index in [1.165, 1.54) is 6.07 Å². The van der Waals surface area contributed by atoms with Crippen molar-refractivity contribution in [1.82, 2.24) is 0 Å². The summed E-state index contributed by atoms with van der Waals surface area (Å²) in [5, 5.41) is 17.2. The Morgan fingerprint density at radius 1 is 1.70 bits per heavy atom. The Bertz CT molecular complexity index is 268. The Labute approximate surface area is 65.5 Å². The van der Waals surface area contributed by atoms with Crippen LogP contribution in [0.4, 0.5) is 0 Å². The third-order valence-electron chi connectivity index (χ3n) is 0.877. The monoisotopic (exact) mass is 178 g/mol. The maximum Gasteiger partial charge on any atom is 0.349 e. The molecule has 0 aliphatic rings. The molecule has 0 aliphatic carbocycles. The van der Waals surface area contributed by atoms with Crippen LogP contribution in [0.25, 0.3) is 0 Å². The van der Waals surface area contributed by atoms with Crippen molar-refractivity contribution in [1.29, 1.82) is 0 Å². The third kappa shape index (κ3) is 1.22. The summed E-state index contributed by atoms with van der Waals surface area (Å²) in [6.07, 6.45) is 0. The van der Waals surface area contributed by atoms with Crippen molar-refractivity contribution in [2.75, 3.05) is 0 Å². The molecular formula is C5H3ClO3S. The van der Waals surface area contributed by atoms with E-state index in [9.17, 15) is 4.79 Å². The largest absolute Gasteiger partial charge is 0.506 e. The molecule has 1 aromatic heterocycles. The number of hydrogen-bond acceptors (Lipinski definition) is 3. The van der Waals surface area contributed by atoms with Gasteiger partial charge in [0.15, 0.2) is 4.88 Å². The zero-order valence-corrected chi connectivity index (χ0v) is 6.24. The molecule has 0 spiro atoms. The number of halogens is 1. The fraction of sp³-hybridized carbons (Fsp3) is 0. The molecule has 0 saturated carbocycles. The summed E-state index contributed by atoms with van der Waals surface area (Å²) in [6.45, 7) is 0. The Kier molecular flexibility index (Phi) is 1.82. The molecule has 1 aromatic rings. The first-order valence-corrected chi connectivity index (χ1v) is 3.52. The lowest BCUT2D eigenvalue weighted by Gasteiger charge is -1.85. The SMILES string of the molecule is O=C(O)c1sc(Cl)cc1O. The van der Waals surface area contributed by atoms with E-state index < -0.39 is 5.97 Å². The van der Waals surface area contributed by atoms with Crippen molar-refractivity contribution in [2.24, 2.45) is 0 Å². The van der Waals surface area contributed by atoms with Gasteiger partial charge in [-0.25, -0.2) is 4.79 Å². The molecule has 0 amide bonds. The van der Waals surface area contributed by atoms with Gasteiger partial charge in [-0.15, -0.1) is 11.3 Å². The molecule has 1 rings (SSSR count). The van der Waals surface area contributed by atoms with Gasteiger partial charge < -0.3 is 10.2 Å². The van der Waals surface area contributed by atoms with E-state index in [2.05, 4.69) is 0 Å². The first-order chi connectivity index (χ1) is 4.61. The fourth-order valence-corrected chi connectivity index (χ4v) is 1.46. The molecule has 0 aliphatic heterocycles. The van der Waals surface area contributed by atoms with Crippen LogP contribution in [0.2, 0.25) is 4.34 Å². The molecule has 2 N–H and O–H groups in total. The molecule has 0 atom stereocenters. The van der Waals surface area contributed by atoms with E-state index in [0.29, 0.717) is 0 Å². The van der Waals surface area contributed by atoms with E-state index in [1.807, 2.05) is 0 Å². The Morgan fingerprint density at radius 2 is 2.30 bits per heavy atom. The van der Waals surface area contributed by atoms with E-state index in [1.54, 1.807) is 0 Å². The second-order valence-corrected chi connectivity index (χ2v) is 3.25. The molecule has 1 heterocycles. The minimum atomic E-state index is -1.16. The normalized spacial score (nSPS) is 9.70. The highest BCUT2D eigenvalue weighted by Crippen LogP contribution is 2.31. The second kappa shape index (κ2) is 2.48. The molecule has 0 aromatic carbocycles. The second-order valence-electron chi connectivity index (χ2n) is 1.57. The minimum absolute atomic E-state index is 0.120. The minimum Gasteiger partial charge on any atom is -0.506 e. The van der Waals surface area contributed by atoms with Gasteiger partial charge in [-0.3, -0.25) is 0 Å². The van der Waals surface area contributed by atoms with E-state index in [0.717, 1.165) is 11.3 Å². The highest BCUT2D eigenvalue weighted by atomic mass is 35.5. The Hall–Kier alpha value is -0.740. The van der Waals surface area contributed by atoms with Gasteiger partial charge in [0.2, 0.25) is 0 Å². The smallest absolute Gasteiger partial charge is 0.349 e. The van der Waals surface area contributed by atoms with Gasteiger partial charge in [-0.1, -0.05) is 11.6 Å². The quantitative estimate of drug-likeness (QED) is 0.690. The van der Waals surface area contributed by atoms with Crippen LogP contribution < -0.4 is 0 Å². The van der Waals surface area contributed by atoms with Crippen molar-refractivity contribution in [2.45, 2.75) is 0 Å². The summed E-state index contributed by atoms with van der Waals surface area (Å²) < 4.78 is 0.273. The number of thiophene rings is 1. The van der Waals surface area contributed by atoms with Crippen LogP contribution >= 0.6 is 22.9 Å². The fourth-order valence-electron chi connectivity index (χ4n) is 0.506. The van der Waals surface area contributed by atoms with Gasteiger partial charge in [-0.05, 0) is 0 Å². The molecule has 3 nitrogen and oxygen atoms in total. The van der Waals surface area contributed by atoms with Gasteiger partial charge in [0.1, 0.15) is 5.75 Å². The maximum atomic E-state index is 10.2. The highest BCUT2D eigenvalue weighted by Gasteiger charge is 2.12. The summed E-state index contributed by atoms with van der Waals surface area (Å²) in [5.74, 6) is -1.43. The molecular weight excluding hydrogens is 176 g/mol. The lowest BCUT2D eigenvalue weighted by Crippen LogP contribution is -1.90. The number of aromatic carboxylic acids is 1. The topological polar surface area (TPSA) is 57.5 Å². The molecule has 0 bridgehead atoms. The maximum absolute atomic E-state index is 10.2. The van der Waals surface area contributed by atoms with Gasteiger partial charge in [0.05, 0.1) is 4.34 Å². The molecule has 0 saturated heterocycles. The van der Waals surface area contributed by atoms with Crippen molar-refractivity contribution >= 4 is 28.9 Å². The van der Waals surface area contributed by atoms with Gasteiger partial charge >= 0.3 is 5.97 Å². The molecule has 0 fully saturated rings. The summed E-state index contributed by atoms with van der Waals surface area (Å²) in [7, 11) is 0. The lowest BCUT2D eigenvalue weighted by molar-refractivity contribution is 0.0699. The van der Waals surface area contributed by atoms with Crippen molar-refractivity contribution in [3.05, 3.63) is 15.3 Å². The van der Waals surface area contributed by atoms with Gasteiger partial charge in [0, 0.05) is 6.07 Å². The van der Waals surface area contributed by atoms with Crippen LogP contribution in [0.5, 0.6) is 5.75 Å². The van der Waals surface area contributed by atoms with Crippen LogP contribution in [0.1, 0.15) is 9.67 Å². The molecule has 0 unspecified atom stereocenters. The highest BCUT2D eigenvalue weighted by molar-refractivity contribution is 7.18. The van der Waals surface area contributed by atoms with Crippen LogP contribution in [-0.4, -0.2) is 16.2 Å². The molecule has 0 radical (unpaired) electrons. The van der Waals surface area contributed by atoms with Crippen molar-refractivity contribution in [3.8, 4) is 5.75 Å². The summed E-state index contributed by atoms with van der Waals surface area (Å²) in [6, 6.07) is 1.20. The average molecular weight is 179 g/mol. The summed E-state index contributed by atoms with van der Waals surface area (Å²) >= 11 is 6.24. The van der Waals surface area contributed by atoms with E-state index in [-0.39, 0.29) is 15.0 Å². The summed E-state index contributed by atoms with van der Waals surface area (Å²) in [5.41, 5.74) is 0. The molecule has 5 heteroatoms. The standard InChI is InChI=1S/C5H3ClO3S/c6-3-1-2(7)4(10-3)5(8)9/h1,7H,(H,8,9).